The Balaban J connectivity index is 2.03. The number of alkyl halides is 3. The van der Waals surface area contributed by atoms with Crippen molar-refractivity contribution in [1.29, 1.82) is 0 Å². The van der Waals surface area contributed by atoms with Crippen molar-refractivity contribution in [3.63, 3.8) is 0 Å². The predicted octanol–water partition coefficient (Wildman–Crippen LogP) is 3.07. The second kappa shape index (κ2) is 6.86. The van der Waals surface area contributed by atoms with E-state index in [4.69, 9.17) is 9.47 Å². The number of carboxylic acid groups (broad SMARTS) is 1. The maximum atomic E-state index is 14.5. The molecule has 166 valence electrons. The van der Waals surface area contributed by atoms with Crippen LogP contribution in [0.2, 0.25) is 0 Å². The van der Waals surface area contributed by atoms with E-state index < -0.39 is 51.9 Å². The summed E-state index contributed by atoms with van der Waals surface area (Å²) >= 11 is 0. The molecular formula is C20H18F3NO6S. The second-order valence-electron chi connectivity index (χ2n) is 7.43. The van der Waals surface area contributed by atoms with Gasteiger partial charge in [0.2, 0.25) is 5.60 Å². The van der Waals surface area contributed by atoms with E-state index in [9.17, 15) is 31.5 Å². The van der Waals surface area contributed by atoms with Gasteiger partial charge in [0.15, 0.2) is 0 Å². The zero-order valence-corrected chi connectivity index (χ0v) is 17.2. The number of aliphatic carboxylic acids is 1. The lowest BCUT2D eigenvalue weighted by atomic mass is 9.85. The van der Waals surface area contributed by atoms with Crippen LogP contribution in [-0.4, -0.2) is 45.4 Å². The van der Waals surface area contributed by atoms with E-state index in [1.165, 1.54) is 43.5 Å². The smallest absolute Gasteiger partial charge is 0.423 e. The Morgan fingerprint density at radius 2 is 1.87 bits per heavy atom. The molecule has 2 heterocycles. The number of carbonyl (C=O) groups is 1. The van der Waals surface area contributed by atoms with Gasteiger partial charge in [-0.15, -0.1) is 0 Å². The van der Waals surface area contributed by atoms with Gasteiger partial charge in [-0.2, -0.15) is 13.2 Å². The van der Waals surface area contributed by atoms with Crippen LogP contribution in [0.15, 0.2) is 47.4 Å². The molecule has 0 aromatic heterocycles. The van der Waals surface area contributed by atoms with Crippen LogP contribution in [0.1, 0.15) is 11.1 Å². The maximum Gasteiger partial charge on any atom is 0.423 e. The fourth-order valence-electron chi connectivity index (χ4n) is 4.24. The second-order valence-corrected chi connectivity index (χ2v) is 9.25. The first-order chi connectivity index (χ1) is 14.4. The van der Waals surface area contributed by atoms with Gasteiger partial charge in [0, 0.05) is 5.56 Å². The van der Waals surface area contributed by atoms with Gasteiger partial charge in [-0.3, -0.25) is 9.10 Å². The molecular weight excluding hydrogens is 439 g/mol. The minimum atomic E-state index is -5.10. The Hall–Kier alpha value is -2.79. The van der Waals surface area contributed by atoms with Crippen molar-refractivity contribution < 1.29 is 41.0 Å². The molecule has 3 atom stereocenters. The topological polar surface area (TPSA) is 93.1 Å². The Morgan fingerprint density at radius 1 is 1.23 bits per heavy atom. The van der Waals surface area contributed by atoms with Crippen LogP contribution in [0.5, 0.6) is 5.75 Å². The summed E-state index contributed by atoms with van der Waals surface area (Å²) in [6, 6.07) is 7.04. The van der Waals surface area contributed by atoms with Crippen LogP contribution in [0.4, 0.5) is 18.9 Å². The van der Waals surface area contributed by atoms with E-state index in [-0.39, 0.29) is 16.3 Å². The van der Waals surface area contributed by atoms with Crippen molar-refractivity contribution in [2.75, 3.05) is 18.0 Å². The van der Waals surface area contributed by atoms with Crippen LogP contribution in [0, 0.1) is 12.8 Å². The van der Waals surface area contributed by atoms with E-state index in [0.717, 1.165) is 11.6 Å². The molecule has 2 aromatic rings. The SMILES string of the molecule is COc1ccc2c(c1)C1(C(F)(F)F)OCC(C(=O)O)C1N2S(=O)(=O)c1ccc(C)cc1. The van der Waals surface area contributed by atoms with Crippen LogP contribution in [0.3, 0.4) is 0 Å². The molecule has 0 radical (unpaired) electrons. The number of carboxylic acids is 1. The Morgan fingerprint density at radius 3 is 2.42 bits per heavy atom. The van der Waals surface area contributed by atoms with Gasteiger partial charge in [-0.05, 0) is 37.3 Å². The summed E-state index contributed by atoms with van der Waals surface area (Å²) in [6.07, 6.45) is -5.10. The molecule has 0 bridgehead atoms. The summed E-state index contributed by atoms with van der Waals surface area (Å²) in [5.41, 5.74) is -3.18. The van der Waals surface area contributed by atoms with Crippen molar-refractivity contribution in [3.05, 3.63) is 53.6 Å². The van der Waals surface area contributed by atoms with Gasteiger partial charge >= 0.3 is 12.1 Å². The molecule has 2 aliphatic rings. The van der Waals surface area contributed by atoms with E-state index in [1.54, 1.807) is 6.92 Å². The molecule has 0 amide bonds. The van der Waals surface area contributed by atoms with Gasteiger partial charge in [0.1, 0.15) is 17.7 Å². The highest BCUT2D eigenvalue weighted by Crippen LogP contribution is 2.61. The largest absolute Gasteiger partial charge is 0.497 e. The molecule has 3 unspecified atom stereocenters. The Bertz CT molecular complexity index is 1150. The van der Waals surface area contributed by atoms with Gasteiger partial charge in [0.05, 0.1) is 24.3 Å². The summed E-state index contributed by atoms with van der Waals surface area (Å²) in [6.45, 7) is 0.934. The summed E-state index contributed by atoms with van der Waals surface area (Å²) in [5.74, 6) is -3.27. The van der Waals surface area contributed by atoms with Gasteiger partial charge in [-0.25, -0.2) is 8.42 Å². The fraction of sp³-hybridized carbons (Fsp3) is 0.350. The van der Waals surface area contributed by atoms with E-state index in [0.29, 0.717) is 4.31 Å². The first-order valence-electron chi connectivity index (χ1n) is 9.18. The summed E-state index contributed by atoms with van der Waals surface area (Å²) in [7, 11) is -3.30. The number of sulfonamides is 1. The van der Waals surface area contributed by atoms with Crippen molar-refractivity contribution in [2.24, 2.45) is 5.92 Å². The Kier molecular flexibility index (Phi) is 4.74. The summed E-state index contributed by atoms with van der Waals surface area (Å²) in [5, 5.41) is 9.62. The molecule has 11 heteroatoms. The molecule has 1 N–H and O–H groups in total. The number of anilines is 1. The average molecular weight is 457 g/mol. The van der Waals surface area contributed by atoms with Crippen molar-refractivity contribution in [1.82, 2.24) is 0 Å². The molecule has 7 nitrogen and oxygen atoms in total. The number of halogens is 3. The summed E-state index contributed by atoms with van der Waals surface area (Å²) < 4.78 is 81.2. The number of rotatable bonds is 4. The number of aryl methyl sites for hydroxylation is 1. The molecule has 1 fully saturated rings. The highest BCUT2D eigenvalue weighted by atomic mass is 32.2. The number of methoxy groups -OCH3 is 1. The highest BCUT2D eigenvalue weighted by molar-refractivity contribution is 7.92. The number of hydrogen-bond acceptors (Lipinski definition) is 5. The van der Waals surface area contributed by atoms with Gasteiger partial charge in [-0.1, -0.05) is 17.7 Å². The lowest BCUT2D eigenvalue weighted by Crippen LogP contribution is -2.55. The average Bonchev–Trinajstić information content (AvgIpc) is 3.22. The van der Waals surface area contributed by atoms with Crippen molar-refractivity contribution in [2.45, 2.75) is 29.6 Å². The first kappa shape index (κ1) is 21.4. The quantitative estimate of drug-likeness (QED) is 0.759. The molecule has 31 heavy (non-hydrogen) atoms. The third-order valence-corrected chi connectivity index (χ3v) is 7.51. The van der Waals surface area contributed by atoms with Crippen LogP contribution in [-0.2, 0) is 25.2 Å². The minimum absolute atomic E-state index is 0.0538. The van der Waals surface area contributed by atoms with Crippen LogP contribution in [0.25, 0.3) is 0 Å². The number of ether oxygens (including phenoxy) is 2. The third-order valence-electron chi connectivity index (χ3n) is 5.70. The number of fused-ring (bicyclic) bond motifs is 3. The lowest BCUT2D eigenvalue weighted by Gasteiger charge is -2.34. The van der Waals surface area contributed by atoms with E-state index in [1.807, 2.05) is 0 Å². The molecule has 2 aliphatic heterocycles. The number of hydrogen-bond donors (Lipinski definition) is 1. The molecule has 0 saturated carbocycles. The predicted molar refractivity (Wildman–Crippen MR) is 102 cm³/mol. The van der Waals surface area contributed by atoms with Gasteiger partial charge in [0.25, 0.3) is 10.0 Å². The summed E-state index contributed by atoms with van der Waals surface area (Å²) in [4.78, 5) is 11.6. The van der Waals surface area contributed by atoms with Crippen molar-refractivity contribution in [3.8, 4) is 5.75 Å². The third kappa shape index (κ3) is 2.90. The van der Waals surface area contributed by atoms with Crippen molar-refractivity contribution >= 4 is 21.7 Å². The number of benzene rings is 2. The van der Waals surface area contributed by atoms with Crippen LogP contribution < -0.4 is 9.04 Å². The molecule has 4 rings (SSSR count). The zero-order chi connectivity index (χ0) is 22.8. The Labute approximate surface area is 176 Å². The van der Waals surface area contributed by atoms with Crippen LogP contribution >= 0.6 is 0 Å². The first-order valence-corrected chi connectivity index (χ1v) is 10.6. The molecule has 0 spiro atoms. The monoisotopic (exact) mass is 457 g/mol. The standard InChI is InChI=1S/C20H18F3NO6S/c1-11-3-6-13(7-4-11)31(27,28)24-16-8-5-12(29-2)9-15(16)19(20(21,22)23)17(24)14(10-30-19)18(25)26/h3-9,14,17H,10H2,1-2H3,(H,25,26). The van der Waals surface area contributed by atoms with E-state index >= 15 is 0 Å². The molecule has 1 saturated heterocycles. The minimum Gasteiger partial charge on any atom is -0.497 e. The highest BCUT2D eigenvalue weighted by Gasteiger charge is 2.75. The maximum absolute atomic E-state index is 14.5. The van der Waals surface area contributed by atoms with Gasteiger partial charge < -0.3 is 14.6 Å². The normalized spacial score (nSPS) is 25.3. The molecule has 2 aromatic carbocycles. The van der Waals surface area contributed by atoms with E-state index in [2.05, 4.69) is 0 Å². The fourth-order valence-corrected chi connectivity index (χ4v) is 5.96. The molecule has 0 aliphatic carbocycles. The lowest BCUT2D eigenvalue weighted by molar-refractivity contribution is -0.269. The zero-order valence-electron chi connectivity index (χ0n) is 16.4. The number of nitrogens with zero attached hydrogens (tertiary/aromatic N) is 1.